The number of hydrogen-bond donors (Lipinski definition) is 6. The van der Waals surface area contributed by atoms with Crippen LogP contribution in [0.4, 0.5) is 0 Å². The Morgan fingerprint density at radius 1 is 0.438 bits per heavy atom. The van der Waals surface area contributed by atoms with Crippen LogP contribution < -0.4 is 0 Å². The smallest absolute Gasteiger partial charge is 0.160 e. The van der Waals surface area contributed by atoms with E-state index in [1.165, 1.54) is 18.2 Å². The van der Waals surface area contributed by atoms with Gasteiger partial charge in [-0.15, -0.1) is 0 Å². The summed E-state index contributed by atoms with van der Waals surface area (Å²) in [6, 6.07) is 20.3. The SMILES string of the molecule is C=C(COCc1cc(COCC(=C)Cc2cccc(O)c2O)cc(COCC(=C)Cc2cccc(O)c2O)c1)Cc1cccc(O)c1O. The number of phenolic OH excluding ortho intramolecular Hbond substituents is 6. The van der Waals surface area contributed by atoms with Gasteiger partial charge in [-0.05, 0) is 70.9 Å². The third-order valence-corrected chi connectivity index (χ3v) is 7.45. The minimum atomic E-state index is -0.183. The predicted octanol–water partition coefficient (Wildman–Crippen LogP) is 6.87. The molecule has 9 heteroatoms. The molecule has 0 spiro atoms. The van der Waals surface area contributed by atoms with Crippen LogP contribution in [-0.2, 0) is 53.3 Å². The fourth-order valence-corrected chi connectivity index (χ4v) is 5.15. The average Bonchev–Trinajstić information content (AvgIpc) is 3.04. The second-order valence-electron chi connectivity index (χ2n) is 11.8. The van der Waals surface area contributed by atoms with E-state index < -0.39 is 0 Å². The van der Waals surface area contributed by atoms with Crippen LogP contribution >= 0.6 is 0 Å². The fourth-order valence-electron chi connectivity index (χ4n) is 5.15. The minimum Gasteiger partial charge on any atom is -0.504 e. The Bertz CT molecular complexity index is 1540. The summed E-state index contributed by atoms with van der Waals surface area (Å²) >= 11 is 0. The Morgan fingerprint density at radius 3 is 0.979 bits per heavy atom. The zero-order chi connectivity index (χ0) is 34.6. The van der Waals surface area contributed by atoms with Crippen molar-refractivity contribution in [2.24, 2.45) is 0 Å². The van der Waals surface area contributed by atoms with Gasteiger partial charge in [0.1, 0.15) is 0 Å². The normalized spacial score (nSPS) is 11.0. The molecule has 0 saturated carbocycles. The lowest BCUT2D eigenvalue weighted by Gasteiger charge is -2.14. The first-order valence-electron chi connectivity index (χ1n) is 15.3. The molecule has 252 valence electrons. The highest BCUT2D eigenvalue weighted by molar-refractivity contribution is 5.47. The second kappa shape index (κ2) is 17.1. The summed E-state index contributed by atoms with van der Waals surface area (Å²) in [4.78, 5) is 0. The molecule has 0 aromatic heterocycles. The highest BCUT2D eigenvalue weighted by Crippen LogP contribution is 2.32. The van der Waals surface area contributed by atoms with E-state index in [-0.39, 0.29) is 74.1 Å². The maximum absolute atomic E-state index is 10.1. The van der Waals surface area contributed by atoms with Gasteiger partial charge in [-0.3, -0.25) is 0 Å². The van der Waals surface area contributed by atoms with Crippen molar-refractivity contribution in [3.05, 3.63) is 143 Å². The number of ether oxygens (including phenoxy) is 3. The number of aromatic hydroxyl groups is 6. The van der Waals surface area contributed by atoms with Crippen LogP contribution in [0.25, 0.3) is 0 Å². The summed E-state index contributed by atoms with van der Waals surface area (Å²) in [5.74, 6) is -1.05. The standard InChI is InChI=1S/C39H42O9/c1-25(13-31-7-4-10-34(40)37(31)43)19-46-22-28-16-29(23-47-20-26(2)14-32-8-5-11-35(41)38(32)44)18-30(17-28)24-48-21-27(3)15-33-9-6-12-36(42)39(33)45/h4-12,16-18,40-45H,1-3,13-15,19-24H2. The Hall–Kier alpha value is -5.22. The Kier molecular flexibility index (Phi) is 12.7. The first-order chi connectivity index (χ1) is 23.0. The number of hydrogen-bond acceptors (Lipinski definition) is 9. The van der Waals surface area contributed by atoms with E-state index in [9.17, 15) is 30.6 Å². The maximum Gasteiger partial charge on any atom is 0.160 e. The molecule has 4 rings (SSSR count). The molecular weight excluding hydrogens is 612 g/mol. The average molecular weight is 655 g/mol. The van der Waals surface area contributed by atoms with E-state index in [1.54, 1.807) is 36.4 Å². The molecule has 6 N–H and O–H groups in total. The molecule has 9 nitrogen and oxygen atoms in total. The van der Waals surface area contributed by atoms with Crippen molar-refractivity contribution < 1.29 is 44.8 Å². The van der Waals surface area contributed by atoms with Crippen molar-refractivity contribution in [2.45, 2.75) is 39.1 Å². The van der Waals surface area contributed by atoms with Crippen molar-refractivity contribution >= 4 is 0 Å². The van der Waals surface area contributed by atoms with Gasteiger partial charge in [0.2, 0.25) is 0 Å². The third kappa shape index (κ3) is 10.4. The molecule has 4 aromatic rings. The molecule has 0 aliphatic heterocycles. The van der Waals surface area contributed by atoms with Gasteiger partial charge in [0.15, 0.2) is 34.5 Å². The summed E-state index contributed by atoms with van der Waals surface area (Å²) in [7, 11) is 0. The van der Waals surface area contributed by atoms with Gasteiger partial charge < -0.3 is 44.8 Å². The fraction of sp³-hybridized carbons (Fsp3) is 0.231. The van der Waals surface area contributed by atoms with E-state index in [2.05, 4.69) is 19.7 Å². The van der Waals surface area contributed by atoms with Crippen molar-refractivity contribution in [2.75, 3.05) is 19.8 Å². The van der Waals surface area contributed by atoms with E-state index in [0.717, 1.165) is 33.4 Å². The zero-order valence-electron chi connectivity index (χ0n) is 26.8. The zero-order valence-corrected chi connectivity index (χ0v) is 26.8. The van der Waals surface area contributed by atoms with E-state index in [0.29, 0.717) is 36.0 Å². The third-order valence-electron chi connectivity index (χ3n) is 7.45. The molecule has 0 fully saturated rings. The van der Waals surface area contributed by atoms with Crippen LogP contribution in [0.5, 0.6) is 34.5 Å². The van der Waals surface area contributed by atoms with Crippen molar-refractivity contribution in [1.29, 1.82) is 0 Å². The Balaban J connectivity index is 1.36. The molecular formula is C39H42O9. The van der Waals surface area contributed by atoms with Gasteiger partial charge in [-0.1, -0.05) is 74.3 Å². The number of rotatable bonds is 18. The summed E-state index contributed by atoms with van der Waals surface area (Å²) in [6.07, 6.45) is 1.05. The molecule has 48 heavy (non-hydrogen) atoms. The highest BCUT2D eigenvalue weighted by atomic mass is 16.5. The lowest BCUT2D eigenvalue weighted by molar-refractivity contribution is 0.133. The van der Waals surface area contributed by atoms with E-state index in [1.807, 2.05) is 18.2 Å². The van der Waals surface area contributed by atoms with Gasteiger partial charge in [-0.25, -0.2) is 0 Å². The Morgan fingerprint density at radius 2 is 0.708 bits per heavy atom. The van der Waals surface area contributed by atoms with Gasteiger partial charge in [0.05, 0.1) is 39.6 Å². The van der Waals surface area contributed by atoms with Crippen LogP contribution in [0.1, 0.15) is 33.4 Å². The number of para-hydroxylation sites is 3. The second-order valence-corrected chi connectivity index (χ2v) is 11.8. The molecule has 0 saturated heterocycles. The molecule has 0 heterocycles. The quantitative estimate of drug-likeness (QED) is 0.0499. The lowest BCUT2D eigenvalue weighted by Crippen LogP contribution is -2.05. The van der Waals surface area contributed by atoms with Crippen LogP contribution in [0, 0.1) is 0 Å². The Labute approximate surface area is 280 Å². The monoisotopic (exact) mass is 654 g/mol. The highest BCUT2D eigenvalue weighted by Gasteiger charge is 2.11. The molecule has 0 aliphatic carbocycles. The summed E-state index contributed by atoms with van der Waals surface area (Å²) in [6.45, 7) is 13.7. The van der Waals surface area contributed by atoms with Gasteiger partial charge in [0.25, 0.3) is 0 Å². The first-order valence-corrected chi connectivity index (χ1v) is 15.3. The van der Waals surface area contributed by atoms with E-state index in [4.69, 9.17) is 14.2 Å². The maximum atomic E-state index is 10.1. The lowest BCUT2D eigenvalue weighted by atomic mass is 10.0. The topological polar surface area (TPSA) is 149 Å². The summed E-state index contributed by atoms with van der Waals surface area (Å²) in [5.41, 5.74) is 6.51. The van der Waals surface area contributed by atoms with Crippen LogP contribution in [-0.4, -0.2) is 50.5 Å². The van der Waals surface area contributed by atoms with E-state index >= 15 is 0 Å². The molecule has 0 unspecified atom stereocenters. The van der Waals surface area contributed by atoms with Crippen molar-refractivity contribution in [3.63, 3.8) is 0 Å². The van der Waals surface area contributed by atoms with Gasteiger partial charge in [-0.2, -0.15) is 0 Å². The van der Waals surface area contributed by atoms with Crippen LogP contribution in [0.3, 0.4) is 0 Å². The predicted molar refractivity (Wildman–Crippen MR) is 183 cm³/mol. The van der Waals surface area contributed by atoms with Gasteiger partial charge >= 0.3 is 0 Å². The van der Waals surface area contributed by atoms with Gasteiger partial charge in [0, 0.05) is 16.7 Å². The van der Waals surface area contributed by atoms with Crippen LogP contribution in [0.2, 0.25) is 0 Å². The summed E-state index contributed by atoms with van der Waals surface area (Å²) in [5, 5.41) is 59.6. The van der Waals surface area contributed by atoms with Crippen molar-refractivity contribution in [3.8, 4) is 34.5 Å². The van der Waals surface area contributed by atoms with Crippen LogP contribution in [0.15, 0.2) is 109 Å². The molecule has 0 atom stereocenters. The minimum absolute atomic E-state index is 0.168. The van der Waals surface area contributed by atoms with Crippen molar-refractivity contribution in [1.82, 2.24) is 0 Å². The molecule has 0 aliphatic rings. The molecule has 0 radical (unpaired) electrons. The molecule has 0 bridgehead atoms. The molecule has 4 aromatic carbocycles. The number of phenols is 6. The first kappa shape index (κ1) is 35.6. The number of benzene rings is 4. The molecule has 0 amide bonds. The largest absolute Gasteiger partial charge is 0.504 e. The summed E-state index contributed by atoms with van der Waals surface area (Å²) < 4.78 is 17.9.